The molecule has 8 heteroatoms. The van der Waals surface area contributed by atoms with Gasteiger partial charge in [-0.15, -0.1) is 0 Å². The Kier molecular flexibility index (Phi) is 7.77. The Morgan fingerprint density at radius 3 is 2.38 bits per heavy atom. The summed E-state index contributed by atoms with van der Waals surface area (Å²) in [6.07, 6.45) is 0. The van der Waals surface area contributed by atoms with Crippen LogP contribution in [0.1, 0.15) is 19.4 Å². The van der Waals surface area contributed by atoms with E-state index < -0.39 is 11.8 Å². The summed E-state index contributed by atoms with van der Waals surface area (Å²) in [4.78, 5) is 27.5. The fourth-order valence-electron chi connectivity index (χ4n) is 3.24. The van der Waals surface area contributed by atoms with E-state index in [-0.39, 0.29) is 24.4 Å². The van der Waals surface area contributed by atoms with E-state index in [1.165, 1.54) is 19.1 Å². The van der Waals surface area contributed by atoms with Gasteiger partial charge in [0.15, 0.2) is 0 Å². The summed E-state index contributed by atoms with van der Waals surface area (Å²) in [5, 5.41) is 3.54. The molecule has 1 heterocycles. The second kappa shape index (κ2) is 10.5. The molecule has 2 aromatic carbocycles. The van der Waals surface area contributed by atoms with E-state index in [1.54, 1.807) is 42.5 Å². The first kappa shape index (κ1) is 23.6. The topological polar surface area (TPSA) is 77.1 Å². The molecule has 0 aromatic heterocycles. The maximum Gasteiger partial charge on any atom is 0.278 e. The summed E-state index contributed by atoms with van der Waals surface area (Å²) in [6.45, 7) is 5.11. The van der Waals surface area contributed by atoms with Crippen LogP contribution in [-0.2, 0) is 14.3 Å². The van der Waals surface area contributed by atoms with Crippen LogP contribution in [0.15, 0.2) is 48.2 Å². The van der Waals surface area contributed by atoms with Crippen molar-refractivity contribution < 1.29 is 23.8 Å². The minimum Gasteiger partial charge on any atom is -0.495 e. The number of halogens is 1. The van der Waals surface area contributed by atoms with Gasteiger partial charge in [-0.1, -0.05) is 37.6 Å². The lowest BCUT2D eigenvalue weighted by atomic mass is 10.0. The van der Waals surface area contributed by atoms with Gasteiger partial charge in [-0.25, -0.2) is 0 Å². The first-order chi connectivity index (χ1) is 15.3. The molecule has 3 rings (SSSR count). The molecule has 0 radical (unpaired) electrons. The fourth-order valence-corrected chi connectivity index (χ4v) is 3.41. The molecule has 0 aliphatic carbocycles. The quantitative estimate of drug-likeness (QED) is 0.537. The molecule has 2 aromatic rings. The number of carbonyl (C=O) groups is 2. The van der Waals surface area contributed by atoms with E-state index >= 15 is 0 Å². The van der Waals surface area contributed by atoms with Gasteiger partial charge in [-0.3, -0.25) is 14.5 Å². The number of carbonyl (C=O) groups excluding carboxylic acids is 2. The van der Waals surface area contributed by atoms with E-state index in [1.807, 2.05) is 0 Å². The average Bonchev–Trinajstić information content (AvgIpc) is 3.00. The van der Waals surface area contributed by atoms with E-state index in [4.69, 9.17) is 25.8 Å². The standard InChI is InChI=1S/C24H27ClN2O5/c1-15(2)14-32-18-8-5-16(6-9-18)21-22(24(29)27(23(21)28)11-12-30-3)26-19-13-17(25)7-10-20(19)31-4/h5-10,13,15,26H,11-12,14H2,1-4H3. The van der Waals surface area contributed by atoms with Crippen LogP contribution >= 0.6 is 11.6 Å². The zero-order valence-corrected chi connectivity index (χ0v) is 19.4. The van der Waals surface area contributed by atoms with Gasteiger partial charge >= 0.3 is 0 Å². The number of hydrogen-bond donors (Lipinski definition) is 1. The molecule has 32 heavy (non-hydrogen) atoms. The van der Waals surface area contributed by atoms with Crippen LogP contribution in [0.4, 0.5) is 5.69 Å². The van der Waals surface area contributed by atoms with Crippen molar-refractivity contribution in [2.45, 2.75) is 13.8 Å². The molecular formula is C24H27ClN2O5. The van der Waals surface area contributed by atoms with Gasteiger partial charge in [0.1, 0.15) is 17.2 Å². The largest absolute Gasteiger partial charge is 0.495 e. The zero-order valence-electron chi connectivity index (χ0n) is 18.6. The average molecular weight is 459 g/mol. The second-order valence-corrected chi connectivity index (χ2v) is 8.14. The van der Waals surface area contributed by atoms with Gasteiger partial charge in [-0.05, 0) is 41.8 Å². The molecule has 0 saturated heterocycles. The number of rotatable bonds is 10. The number of hydrogen-bond acceptors (Lipinski definition) is 6. The number of methoxy groups -OCH3 is 2. The van der Waals surface area contributed by atoms with Gasteiger partial charge in [0, 0.05) is 12.1 Å². The SMILES string of the molecule is COCCN1C(=O)C(Nc2cc(Cl)ccc2OC)=C(c2ccc(OCC(C)C)cc2)C1=O. The summed E-state index contributed by atoms with van der Waals surface area (Å²) in [7, 11) is 3.04. The summed E-state index contributed by atoms with van der Waals surface area (Å²) < 4.78 is 16.2. The Morgan fingerprint density at radius 1 is 1.03 bits per heavy atom. The number of nitrogens with one attached hydrogen (secondary N) is 1. The molecule has 1 N–H and O–H groups in total. The molecule has 170 valence electrons. The van der Waals surface area contributed by atoms with Crippen LogP contribution in [0.5, 0.6) is 11.5 Å². The van der Waals surface area contributed by atoms with Crippen LogP contribution in [0.25, 0.3) is 5.57 Å². The van der Waals surface area contributed by atoms with Crippen LogP contribution < -0.4 is 14.8 Å². The number of benzene rings is 2. The number of anilines is 1. The van der Waals surface area contributed by atoms with Crippen molar-refractivity contribution in [1.29, 1.82) is 0 Å². The summed E-state index contributed by atoms with van der Waals surface area (Å²) in [5.74, 6) is 0.746. The molecule has 1 aliphatic rings. The van der Waals surface area contributed by atoms with Crippen molar-refractivity contribution in [3.8, 4) is 11.5 Å². The van der Waals surface area contributed by atoms with Crippen molar-refractivity contribution in [3.63, 3.8) is 0 Å². The highest BCUT2D eigenvalue weighted by atomic mass is 35.5. The first-order valence-corrected chi connectivity index (χ1v) is 10.7. The van der Waals surface area contributed by atoms with Gasteiger partial charge < -0.3 is 19.5 Å². The van der Waals surface area contributed by atoms with E-state index in [0.29, 0.717) is 40.3 Å². The molecule has 0 unspecified atom stereocenters. The Hall–Kier alpha value is -3.03. The number of amides is 2. The van der Waals surface area contributed by atoms with Gasteiger partial charge in [0.25, 0.3) is 11.8 Å². The Morgan fingerprint density at radius 2 is 1.75 bits per heavy atom. The molecule has 1 aliphatic heterocycles. The minimum absolute atomic E-state index is 0.144. The number of nitrogens with zero attached hydrogens (tertiary/aromatic N) is 1. The molecule has 7 nitrogen and oxygen atoms in total. The third kappa shape index (κ3) is 5.23. The fraction of sp³-hybridized carbons (Fsp3) is 0.333. The lowest BCUT2D eigenvalue weighted by Crippen LogP contribution is -2.35. The van der Waals surface area contributed by atoms with Gasteiger partial charge in [0.05, 0.1) is 38.1 Å². The van der Waals surface area contributed by atoms with Crippen molar-refractivity contribution in [3.05, 3.63) is 58.7 Å². The van der Waals surface area contributed by atoms with E-state index in [0.717, 1.165) is 0 Å². The van der Waals surface area contributed by atoms with Gasteiger partial charge in [-0.2, -0.15) is 0 Å². The summed E-state index contributed by atoms with van der Waals surface area (Å²) in [6, 6.07) is 12.1. The Balaban J connectivity index is 2.00. The van der Waals surface area contributed by atoms with Crippen LogP contribution in [0.2, 0.25) is 5.02 Å². The van der Waals surface area contributed by atoms with Crippen LogP contribution in [-0.4, -0.2) is 50.7 Å². The predicted molar refractivity (Wildman–Crippen MR) is 124 cm³/mol. The normalized spacial score (nSPS) is 13.9. The Bertz CT molecular complexity index is 1020. The lowest BCUT2D eigenvalue weighted by molar-refractivity contribution is -0.137. The van der Waals surface area contributed by atoms with Crippen LogP contribution in [0.3, 0.4) is 0 Å². The molecule has 0 spiro atoms. The highest BCUT2D eigenvalue weighted by Gasteiger charge is 2.39. The Labute approximate surface area is 192 Å². The highest BCUT2D eigenvalue weighted by molar-refractivity contribution is 6.36. The van der Waals surface area contributed by atoms with E-state index in [2.05, 4.69) is 19.2 Å². The van der Waals surface area contributed by atoms with Crippen molar-refractivity contribution >= 4 is 34.7 Å². The number of ether oxygens (including phenoxy) is 3. The third-order valence-corrected chi connectivity index (χ3v) is 5.07. The first-order valence-electron chi connectivity index (χ1n) is 10.3. The second-order valence-electron chi connectivity index (χ2n) is 7.70. The zero-order chi connectivity index (χ0) is 23.3. The van der Waals surface area contributed by atoms with Crippen LogP contribution in [0, 0.1) is 5.92 Å². The molecule has 2 amide bonds. The smallest absolute Gasteiger partial charge is 0.278 e. The molecule has 0 fully saturated rings. The predicted octanol–water partition coefficient (Wildman–Crippen LogP) is 4.22. The summed E-state index contributed by atoms with van der Waals surface area (Å²) in [5.41, 5.74) is 1.51. The van der Waals surface area contributed by atoms with E-state index in [9.17, 15) is 9.59 Å². The molecule has 0 atom stereocenters. The molecule has 0 saturated carbocycles. The highest BCUT2D eigenvalue weighted by Crippen LogP contribution is 2.35. The molecule has 0 bridgehead atoms. The van der Waals surface area contributed by atoms with Crippen molar-refractivity contribution in [2.24, 2.45) is 5.92 Å². The summed E-state index contributed by atoms with van der Waals surface area (Å²) >= 11 is 6.14. The van der Waals surface area contributed by atoms with Crippen molar-refractivity contribution in [2.75, 3.05) is 39.3 Å². The van der Waals surface area contributed by atoms with Gasteiger partial charge in [0.2, 0.25) is 0 Å². The maximum atomic E-state index is 13.2. The lowest BCUT2D eigenvalue weighted by Gasteiger charge is -2.15. The van der Waals surface area contributed by atoms with Crippen molar-refractivity contribution in [1.82, 2.24) is 4.90 Å². The molecular weight excluding hydrogens is 432 g/mol. The third-order valence-electron chi connectivity index (χ3n) is 4.83. The minimum atomic E-state index is -0.441. The maximum absolute atomic E-state index is 13.2. The number of imide groups is 1. The monoisotopic (exact) mass is 458 g/mol.